The standard InChI is InChI=1S/3C13H20N4O3.C13H18N4O3.C2H6O/c4*1-9(18)6-4-5-7-17-12(19)10-11(14-8-15(10)2)16(3)13(17)20;1-2-3/h3*8-9,18H,4-7H2,1-3H3;8H,4-7H2,1-3H3;3H,2H2,1H3/t2*9-;;;/m10.../s1/i3*2D3,9D;2D3;. The highest BCUT2D eigenvalue weighted by molar-refractivity contribution is 5.75. The van der Waals surface area contributed by atoms with Crippen molar-refractivity contribution in [2.24, 2.45) is 56.1 Å². The van der Waals surface area contributed by atoms with Crippen molar-refractivity contribution in [1.82, 2.24) is 74.7 Å². The van der Waals surface area contributed by atoms with Crippen LogP contribution in [0.2, 0.25) is 0 Å². The van der Waals surface area contributed by atoms with Crippen LogP contribution in [0.1, 0.15) is 132 Å². The summed E-state index contributed by atoms with van der Waals surface area (Å²) in [5, 5.41) is 35.7. The third kappa shape index (κ3) is 16.7. The molecule has 458 valence electrons. The molecule has 0 aliphatic carbocycles. The largest absolute Gasteiger partial charge is 0.397 e. The molecule has 0 aliphatic heterocycles. The van der Waals surface area contributed by atoms with Gasteiger partial charge in [0, 0.05) is 112 Å². The van der Waals surface area contributed by atoms with Crippen LogP contribution in [0.3, 0.4) is 0 Å². The lowest BCUT2D eigenvalue weighted by molar-refractivity contribution is -0.117. The van der Waals surface area contributed by atoms with E-state index in [1.807, 2.05) is 0 Å². The fourth-order valence-corrected chi connectivity index (χ4v) is 8.46. The molecule has 83 heavy (non-hydrogen) atoms. The number of unbranched alkanes of at least 4 members (excludes halogenated alkanes) is 4. The third-order valence-corrected chi connectivity index (χ3v) is 12.8. The molecule has 0 amide bonds. The van der Waals surface area contributed by atoms with Crippen LogP contribution < -0.4 is 45.0 Å². The van der Waals surface area contributed by atoms with E-state index in [1.165, 1.54) is 55.9 Å². The number of ketones is 1. The van der Waals surface area contributed by atoms with Gasteiger partial charge in [0.15, 0.2) is 44.7 Å². The number of carbonyl (C=O) groups is 1. The van der Waals surface area contributed by atoms with Crippen LogP contribution in [0, 0.1) is 0 Å². The van der Waals surface area contributed by atoms with Gasteiger partial charge in [-0.15, -0.1) is 0 Å². The van der Waals surface area contributed by atoms with Gasteiger partial charge >= 0.3 is 22.8 Å². The Balaban J connectivity index is 0.000000274. The highest BCUT2D eigenvalue weighted by Gasteiger charge is 2.18. The SMILES string of the molecule is CCO.[2H]C(C)(O)CCCCn1c(=O)c2c(ncn2C([2H])([2H])[2H])n(C)c1=O.[2H]C([2H])([2H])n1cnc2c1c(=O)n(CCCCC(C)=O)c(=O)n2C.[2H]C([2H])([2H])n1cnc2c1c(=O)n(CCCC[C@@]([2H])(C)O)c(=O)n2C.[2H]C([2H])([2H])n1cnc2c1c(=O)n(CCCC[C@]([2H])(C)O)c(=O)n2C. The molecule has 8 heterocycles. The summed E-state index contributed by atoms with van der Waals surface area (Å²) in [5.41, 5.74) is -5.58. The Bertz CT molecular complexity index is 4270. The number of hydrogen-bond donors (Lipinski definition) is 4. The van der Waals surface area contributed by atoms with Crippen LogP contribution in [0.4, 0.5) is 0 Å². The molecule has 0 bridgehead atoms. The maximum atomic E-state index is 12.6. The molecule has 8 rings (SSSR count). The smallest absolute Gasteiger partial charge is 0.332 e. The zero-order chi connectivity index (χ0) is 74.9. The van der Waals surface area contributed by atoms with Crippen molar-refractivity contribution in [2.75, 3.05) is 6.61 Å². The Morgan fingerprint density at radius 3 is 0.867 bits per heavy atom. The normalized spacial score (nSPS) is 16.7. The summed E-state index contributed by atoms with van der Waals surface area (Å²) in [7, 11) is 5.71. The van der Waals surface area contributed by atoms with Crippen molar-refractivity contribution in [3.05, 3.63) is 109 Å². The number of aryl methyl sites for hydroxylation is 8. The summed E-state index contributed by atoms with van der Waals surface area (Å²) >= 11 is 0. The van der Waals surface area contributed by atoms with Crippen LogP contribution in [-0.4, -0.2) is 126 Å². The lowest BCUT2D eigenvalue weighted by atomic mass is 10.2. The van der Waals surface area contributed by atoms with Gasteiger partial charge in [0.2, 0.25) is 0 Å². The van der Waals surface area contributed by atoms with Crippen molar-refractivity contribution in [1.29, 1.82) is 0 Å². The number of aliphatic hydroxyl groups is 4. The van der Waals surface area contributed by atoms with E-state index in [2.05, 4.69) is 19.9 Å². The summed E-state index contributed by atoms with van der Waals surface area (Å²) in [6.07, 6.45) is 4.03. The van der Waals surface area contributed by atoms with E-state index in [1.54, 1.807) is 6.92 Å². The summed E-state index contributed by atoms with van der Waals surface area (Å²) < 4.78 is 123. The second-order valence-corrected chi connectivity index (χ2v) is 19.4. The van der Waals surface area contributed by atoms with E-state index in [-0.39, 0.29) is 102 Å². The Labute approximate surface area is 497 Å². The molecule has 0 aliphatic rings. The summed E-state index contributed by atoms with van der Waals surface area (Å²) in [6, 6.07) is 0. The molecule has 0 fully saturated rings. The van der Waals surface area contributed by atoms with Crippen molar-refractivity contribution in [2.45, 2.75) is 156 Å². The zero-order valence-electron chi connectivity index (χ0n) is 62.9. The van der Waals surface area contributed by atoms with Crippen LogP contribution in [0.5, 0.6) is 0 Å². The van der Waals surface area contributed by atoms with Crippen LogP contribution in [-0.2, 0) is 87.1 Å². The third-order valence-electron chi connectivity index (χ3n) is 12.8. The number of aromatic nitrogens is 16. The van der Waals surface area contributed by atoms with Gasteiger partial charge in [-0.1, -0.05) is 0 Å². The molecular formula is C54H84N16O13. The van der Waals surface area contributed by atoms with Crippen molar-refractivity contribution < 1.29 is 45.8 Å². The van der Waals surface area contributed by atoms with Crippen molar-refractivity contribution in [3.8, 4) is 0 Å². The van der Waals surface area contributed by atoms with Gasteiger partial charge < -0.3 is 43.5 Å². The number of hydrogen-bond acceptors (Lipinski definition) is 17. The number of nitrogens with zero attached hydrogens (tertiary/aromatic N) is 16. The van der Waals surface area contributed by atoms with Crippen LogP contribution in [0.25, 0.3) is 44.7 Å². The number of aliphatic hydroxyl groups excluding tert-OH is 1. The zero-order valence-corrected chi connectivity index (χ0v) is 47.9. The van der Waals surface area contributed by atoms with E-state index in [0.29, 0.717) is 57.8 Å². The number of fused-ring (bicyclic) bond motifs is 4. The molecular weight excluding hydrogens is 1080 g/mol. The Morgan fingerprint density at radius 2 is 0.675 bits per heavy atom. The summed E-state index contributed by atoms with van der Waals surface area (Å²) in [5.74, 6) is 0.0428. The highest BCUT2D eigenvalue weighted by atomic mass is 16.3. The van der Waals surface area contributed by atoms with E-state index in [0.717, 1.165) is 80.1 Å². The minimum Gasteiger partial charge on any atom is -0.397 e. The predicted octanol–water partition coefficient (Wildman–Crippen LogP) is 0.146. The molecule has 0 radical (unpaired) electrons. The Hall–Kier alpha value is -7.89. The molecule has 29 nitrogen and oxygen atoms in total. The van der Waals surface area contributed by atoms with Crippen molar-refractivity contribution in [3.63, 3.8) is 0 Å². The molecule has 8 aromatic rings. The van der Waals surface area contributed by atoms with Gasteiger partial charge in [-0.3, -0.25) is 55.7 Å². The van der Waals surface area contributed by atoms with Crippen LogP contribution >= 0.6 is 0 Å². The summed E-state index contributed by atoms with van der Waals surface area (Å²) in [6.45, 7) is -2.45. The first kappa shape index (κ1) is 47.6. The van der Waals surface area contributed by atoms with E-state index >= 15 is 0 Å². The first-order valence-corrected chi connectivity index (χ1v) is 26.3. The molecule has 8 aromatic heterocycles. The fourth-order valence-electron chi connectivity index (χ4n) is 8.46. The maximum absolute atomic E-state index is 12.6. The second kappa shape index (κ2) is 31.0. The van der Waals surface area contributed by atoms with Crippen molar-refractivity contribution >= 4 is 50.4 Å². The lowest BCUT2D eigenvalue weighted by Crippen LogP contribution is -2.39. The maximum Gasteiger partial charge on any atom is 0.332 e. The molecule has 0 spiro atoms. The quantitative estimate of drug-likeness (QED) is 0.0738. The molecule has 4 N–H and O–H groups in total. The van der Waals surface area contributed by atoms with Gasteiger partial charge in [0.05, 0.1) is 47.7 Å². The van der Waals surface area contributed by atoms with E-state index in [4.69, 9.17) is 25.7 Å². The average Bonchev–Trinajstić information content (AvgIpc) is 1.58. The lowest BCUT2D eigenvalue weighted by Gasteiger charge is -2.09. The topological polar surface area (TPSA) is 345 Å². The number of rotatable bonds is 20. The molecule has 0 saturated carbocycles. The average molecular weight is 1180 g/mol. The van der Waals surface area contributed by atoms with E-state index in [9.17, 15) is 58.5 Å². The molecule has 0 saturated heterocycles. The van der Waals surface area contributed by atoms with Gasteiger partial charge in [-0.2, -0.15) is 0 Å². The number of carbonyl (C=O) groups excluding carboxylic acids is 1. The minimum atomic E-state index is -2.58. The minimum absolute atomic E-state index is 0.0199. The molecule has 1 unspecified atom stereocenters. The van der Waals surface area contributed by atoms with Gasteiger partial charge in [0.1, 0.15) is 5.78 Å². The van der Waals surface area contributed by atoms with Gasteiger partial charge in [0.25, 0.3) is 22.2 Å². The van der Waals surface area contributed by atoms with Gasteiger partial charge in [-0.25, -0.2) is 39.1 Å². The predicted molar refractivity (Wildman–Crippen MR) is 315 cm³/mol. The molecule has 29 heteroatoms. The fraction of sp³-hybridized carbons (Fsp3) is 0.611. The molecule has 0 aromatic carbocycles. The van der Waals surface area contributed by atoms with Crippen LogP contribution in [0.15, 0.2) is 63.7 Å². The Morgan fingerprint density at radius 1 is 0.458 bits per heavy atom. The van der Waals surface area contributed by atoms with E-state index < -0.39 is 91.1 Å². The highest BCUT2D eigenvalue weighted by Crippen LogP contribution is 2.09. The Kier molecular flexibility index (Phi) is 17.8. The number of Topliss-reactive ketones (excluding diaryl/α,β-unsaturated/α-hetero) is 1. The summed E-state index contributed by atoms with van der Waals surface area (Å²) in [4.78, 5) is 126. The first-order valence-electron chi connectivity index (χ1n) is 33.8. The second-order valence-electron chi connectivity index (χ2n) is 19.4. The van der Waals surface area contributed by atoms with Gasteiger partial charge in [-0.05, 0) is 105 Å². The monoisotopic (exact) mass is 1180 g/mol. The first-order chi connectivity index (χ1) is 44.9. The number of imidazole rings is 4. The molecule has 3 atom stereocenters.